The molecule has 0 bridgehead atoms. The van der Waals surface area contributed by atoms with Crippen LogP contribution in [0.3, 0.4) is 0 Å². The van der Waals surface area contributed by atoms with E-state index >= 15 is 0 Å². The van der Waals surface area contributed by atoms with Gasteiger partial charge in [0.05, 0.1) is 11.8 Å². The van der Waals surface area contributed by atoms with Crippen LogP contribution in [0.4, 0.5) is 5.69 Å². The van der Waals surface area contributed by atoms with E-state index in [1.807, 2.05) is 24.3 Å². The number of carbonyl (C=O) groups excluding carboxylic acids is 2. The summed E-state index contributed by atoms with van der Waals surface area (Å²) in [5.41, 5.74) is 2.02. The fraction of sp³-hybridized carbons (Fsp3) is 0.526. The molecule has 0 aliphatic carbocycles. The highest BCUT2D eigenvalue weighted by molar-refractivity contribution is 6.00. The number of aliphatic carboxylic acids is 1. The van der Waals surface area contributed by atoms with Crippen LogP contribution in [-0.2, 0) is 20.8 Å². The second kappa shape index (κ2) is 7.25. The largest absolute Gasteiger partial charge is 0.481 e. The van der Waals surface area contributed by atoms with Crippen LogP contribution in [0.5, 0.6) is 0 Å². The molecule has 2 aliphatic rings. The lowest BCUT2D eigenvalue weighted by Gasteiger charge is -2.32. The van der Waals surface area contributed by atoms with Crippen molar-refractivity contribution in [2.75, 3.05) is 24.5 Å². The maximum atomic E-state index is 12.7. The number of likely N-dealkylation sites (tertiary alicyclic amines) is 1. The number of nitrogens with zero attached hydrogens (tertiary/aromatic N) is 2. The van der Waals surface area contributed by atoms with Crippen molar-refractivity contribution in [1.82, 2.24) is 4.90 Å². The first-order chi connectivity index (χ1) is 12.0. The Morgan fingerprint density at radius 1 is 1.16 bits per heavy atom. The highest BCUT2D eigenvalue weighted by atomic mass is 16.4. The van der Waals surface area contributed by atoms with Crippen molar-refractivity contribution in [3.05, 3.63) is 29.8 Å². The summed E-state index contributed by atoms with van der Waals surface area (Å²) in [6.45, 7) is 3.29. The minimum Gasteiger partial charge on any atom is -0.481 e. The molecule has 2 saturated heterocycles. The maximum Gasteiger partial charge on any atom is 0.308 e. The molecule has 25 heavy (non-hydrogen) atoms. The van der Waals surface area contributed by atoms with Crippen molar-refractivity contribution in [3.8, 4) is 0 Å². The summed E-state index contributed by atoms with van der Waals surface area (Å²) >= 11 is 0. The molecule has 2 aliphatic heterocycles. The normalized spacial score (nSPS) is 23.8. The van der Waals surface area contributed by atoms with Gasteiger partial charge in [0.2, 0.25) is 11.8 Å². The van der Waals surface area contributed by atoms with Crippen LogP contribution in [0.15, 0.2) is 24.3 Å². The Bertz CT molecular complexity index is 671. The third kappa shape index (κ3) is 3.67. The first-order valence-electron chi connectivity index (χ1n) is 8.90. The lowest BCUT2D eigenvalue weighted by Crippen LogP contribution is -2.45. The number of hydrogen-bond acceptors (Lipinski definition) is 3. The first-order valence-corrected chi connectivity index (χ1v) is 8.90. The number of rotatable bonds is 4. The van der Waals surface area contributed by atoms with Gasteiger partial charge in [0.1, 0.15) is 0 Å². The molecule has 0 aromatic heterocycles. The zero-order valence-corrected chi connectivity index (χ0v) is 14.5. The lowest BCUT2D eigenvalue weighted by atomic mass is 9.96. The second-order valence-corrected chi connectivity index (χ2v) is 6.89. The van der Waals surface area contributed by atoms with Crippen LogP contribution < -0.4 is 4.90 Å². The van der Waals surface area contributed by atoms with E-state index in [2.05, 4.69) is 6.92 Å². The number of hydrogen-bond donors (Lipinski definition) is 1. The average molecular weight is 344 g/mol. The molecule has 134 valence electrons. The number of aryl methyl sites for hydroxylation is 1. The molecular formula is C19H24N2O4. The van der Waals surface area contributed by atoms with Gasteiger partial charge in [-0.2, -0.15) is 0 Å². The van der Waals surface area contributed by atoms with E-state index in [-0.39, 0.29) is 30.7 Å². The van der Waals surface area contributed by atoms with Crippen LogP contribution in [0, 0.1) is 11.8 Å². The Morgan fingerprint density at radius 3 is 2.52 bits per heavy atom. The Labute approximate surface area is 147 Å². The highest BCUT2D eigenvalue weighted by Gasteiger charge is 2.39. The van der Waals surface area contributed by atoms with Crippen molar-refractivity contribution in [2.45, 2.75) is 32.6 Å². The summed E-state index contributed by atoms with van der Waals surface area (Å²) in [4.78, 5) is 39.6. The number of benzene rings is 1. The third-order valence-electron chi connectivity index (χ3n) is 5.21. The van der Waals surface area contributed by atoms with Gasteiger partial charge < -0.3 is 14.9 Å². The van der Waals surface area contributed by atoms with Gasteiger partial charge in [-0.3, -0.25) is 14.4 Å². The molecular weight excluding hydrogens is 320 g/mol. The molecule has 6 nitrogen and oxygen atoms in total. The zero-order chi connectivity index (χ0) is 18.0. The molecule has 1 aromatic carbocycles. The van der Waals surface area contributed by atoms with Crippen LogP contribution in [0.2, 0.25) is 0 Å². The Morgan fingerprint density at radius 2 is 1.88 bits per heavy atom. The van der Waals surface area contributed by atoms with Gasteiger partial charge in [-0.25, -0.2) is 0 Å². The smallest absolute Gasteiger partial charge is 0.308 e. The Kier molecular flexibility index (Phi) is 5.06. The summed E-state index contributed by atoms with van der Waals surface area (Å²) < 4.78 is 0. The number of carboxylic acids is 1. The summed E-state index contributed by atoms with van der Waals surface area (Å²) in [5.74, 6) is -1.86. The second-order valence-electron chi connectivity index (χ2n) is 6.89. The van der Waals surface area contributed by atoms with E-state index in [0.29, 0.717) is 25.9 Å². The molecule has 2 fully saturated rings. The molecule has 1 aromatic rings. The van der Waals surface area contributed by atoms with E-state index < -0.39 is 11.9 Å². The molecule has 3 rings (SSSR count). The van der Waals surface area contributed by atoms with Gasteiger partial charge in [-0.05, 0) is 37.0 Å². The van der Waals surface area contributed by atoms with Gasteiger partial charge in [0.15, 0.2) is 0 Å². The molecule has 2 amide bonds. The fourth-order valence-electron chi connectivity index (χ4n) is 3.67. The highest BCUT2D eigenvalue weighted by Crippen LogP contribution is 2.28. The quantitative estimate of drug-likeness (QED) is 0.905. The summed E-state index contributed by atoms with van der Waals surface area (Å²) in [5, 5.41) is 9.18. The number of amides is 2. The van der Waals surface area contributed by atoms with E-state index in [1.54, 1.807) is 9.80 Å². The molecule has 2 heterocycles. The summed E-state index contributed by atoms with van der Waals surface area (Å²) in [6, 6.07) is 7.84. The van der Waals surface area contributed by atoms with Crippen molar-refractivity contribution in [3.63, 3.8) is 0 Å². The minimum atomic E-state index is -0.849. The van der Waals surface area contributed by atoms with E-state index in [0.717, 1.165) is 12.1 Å². The molecule has 2 atom stereocenters. The standard InChI is InChI=1S/C19H24N2O4/c1-2-13-5-7-16(8-6-13)21-12-15(10-17(21)22)18(23)20-9-3-4-14(11-20)19(24)25/h5-8,14-15H,2-4,9-12H2,1H3,(H,24,25)/t14-,15+/m0/s1. The first kappa shape index (κ1) is 17.5. The number of carboxylic acid groups (broad SMARTS) is 1. The summed E-state index contributed by atoms with van der Waals surface area (Å²) in [7, 11) is 0. The Hall–Kier alpha value is -2.37. The van der Waals surface area contributed by atoms with Crippen LogP contribution >= 0.6 is 0 Å². The van der Waals surface area contributed by atoms with E-state index in [4.69, 9.17) is 0 Å². The van der Waals surface area contributed by atoms with Crippen LogP contribution in [0.25, 0.3) is 0 Å². The minimum absolute atomic E-state index is 0.0469. The molecule has 0 radical (unpaired) electrons. The molecule has 0 unspecified atom stereocenters. The van der Waals surface area contributed by atoms with E-state index in [1.165, 1.54) is 5.56 Å². The SMILES string of the molecule is CCc1ccc(N2C[C@H](C(=O)N3CCC[C@H](C(=O)O)C3)CC2=O)cc1. The Balaban J connectivity index is 1.66. The predicted molar refractivity (Wildman–Crippen MR) is 93.2 cm³/mol. The van der Waals surface area contributed by atoms with E-state index in [9.17, 15) is 19.5 Å². The molecule has 6 heteroatoms. The lowest BCUT2D eigenvalue weighted by molar-refractivity contribution is -0.146. The predicted octanol–water partition coefficient (Wildman–Crippen LogP) is 1.93. The monoisotopic (exact) mass is 344 g/mol. The zero-order valence-electron chi connectivity index (χ0n) is 14.5. The number of anilines is 1. The van der Waals surface area contributed by atoms with Crippen LogP contribution in [-0.4, -0.2) is 47.4 Å². The average Bonchev–Trinajstić information content (AvgIpc) is 3.03. The fourth-order valence-corrected chi connectivity index (χ4v) is 3.67. The third-order valence-corrected chi connectivity index (χ3v) is 5.21. The topological polar surface area (TPSA) is 77.9 Å². The summed E-state index contributed by atoms with van der Waals surface area (Å²) in [6.07, 6.45) is 2.45. The van der Waals surface area contributed by atoms with Gasteiger partial charge in [0.25, 0.3) is 0 Å². The number of carbonyl (C=O) groups is 3. The maximum absolute atomic E-state index is 12.7. The van der Waals surface area contributed by atoms with Crippen molar-refractivity contribution >= 4 is 23.5 Å². The molecule has 0 saturated carbocycles. The van der Waals surface area contributed by atoms with Crippen molar-refractivity contribution < 1.29 is 19.5 Å². The van der Waals surface area contributed by atoms with Gasteiger partial charge in [0, 0.05) is 31.7 Å². The molecule has 0 spiro atoms. The van der Waals surface area contributed by atoms with Gasteiger partial charge >= 0.3 is 5.97 Å². The van der Waals surface area contributed by atoms with Gasteiger partial charge in [-0.15, -0.1) is 0 Å². The number of piperidine rings is 1. The van der Waals surface area contributed by atoms with Crippen molar-refractivity contribution in [1.29, 1.82) is 0 Å². The van der Waals surface area contributed by atoms with Crippen LogP contribution in [0.1, 0.15) is 31.7 Å². The van der Waals surface area contributed by atoms with Gasteiger partial charge in [-0.1, -0.05) is 19.1 Å². The molecule has 1 N–H and O–H groups in total. The van der Waals surface area contributed by atoms with Crippen molar-refractivity contribution in [2.24, 2.45) is 11.8 Å².